The average Bonchev–Trinajstić information content (AvgIpc) is 2.85. The molecule has 1 atom stereocenters. The van der Waals surface area contributed by atoms with Crippen molar-refractivity contribution in [1.29, 1.82) is 0 Å². The van der Waals surface area contributed by atoms with Gasteiger partial charge in [-0.2, -0.15) is 5.10 Å². The number of rotatable bonds is 5. The van der Waals surface area contributed by atoms with Crippen molar-refractivity contribution >= 4 is 5.91 Å². The van der Waals surface area contributed by atoms with Crippen LogP contribution in [0.15, 0.2) is 36.5 Å². The van der Waals surface area contributed by atoms with E-state index in [0.29, 0.717) is 13.0 Å². The number of nitrogens with zero attached hydrogens (tertiary/aromatic N) is 2. The average molecular weight is 275 g/mol. The van der Waals surface area contributed by atoms with Crippen LogP contribution >= 0.6 is 0 Å². The standard InChI is InChI=1S/C15H18FN3O/c1-11-7-8-19(18-11)12(2)9-15(20)17-10-13-3-5-14(16)6-4-13/h3-8,12H,9-10H2,1-2H3,(H,17,20)/t12-/m1/s1. The minimum atomic E-state index is -0.275. The molecule has 0 bridgehead atoms. The van der Waals surface area contributed by atoms with E-state index in [4.69, 9.17) is 0 Å². The van der Waals surface area contributed by atoms with Gasteiger partial charge in [-0.25, -0.2) is 4.39 Å². The van der Waals surface area contributed by atoms with Gasteiger partial charge in [0.25, 0.3) is 0 Å². The molecule has 1 heterocycles. The van der Waals surface area contributed by atoms with E-state index < -0.39 is 0 Å². The van der Waals surface area contributed by atoms with Gasteiger partial charge < -0.3 is 5.32 Å². The molecule has 0 aliphatic carbocycles. The van der Waals surface area contributed by atoms with Crippen LogP contribution in [0.3, 0.4) is 0 Å². The highest BCUT2D eigenvalue weighted by Crippen LogP contribution is 2.10. The van der Waals surface area contributed by atoms with Gasteiger partial charge in [0.2, 0.25) is 5.91 Å². The third-order valence-corrected chi connectivity index (χ3v) is 3.08. The second-order valence-corrected chi connectivity index (χ2v) is 4.89. The molecule has 0 aliphatic heterocycles. The summed E-state index contributed by atoms with van der Waals surface area (Å²) in [5.41, 5.74) is 1.81. The summed E-state index contributed by atoms with van der Waals surface area (Å²) in [7, 11) is 0. The number of nitrogens with one attached hydrogen (secondary N) is 1. The van der Waals surface area contributed by atoms with E-state index in [1.54, 1.807) is 16.8 Å². The molecule has 5 heteroatoms. The van der Waals surface area contributed by atoms with E-state index in [9.17, 15) is 9.18 Å². The maximum Gasteiger partial charge on any atom is 0.222 e. The summed E-state index contributed by atoms with van der Waals surface area (Å²) >= 11 is 0. The lowest BCUT2D eigenvalue weighted by Gasteiger charge is -2.12. The van der Waals surface area contributed by atoms with Crippen LogP contribution in [0.4, 0.5) is 4.39 Å². The van der Waals surface area contributed by atoms with Gasteiger partial charge in [-0.3, -0.25) is 9.48 Å². The third kappa shape index (κ3) is 3.91. The van der Waals surface area contributed by atoms with Crippen LogP contribution in [-0.4, -0.2) is 15.7 Å². The predicted molar refractivity (Wildman–Crippen MR) is 74.5 cm³/mol. The largest absolute Gasteiger partial charge is 0.352 e. The number of hydrogen-bond donors (Lipinski definition) is 1. The molecule has 2 aromatic rings. The lowest BCUT2D eigenvalue weighted by atomic mass is 10.2. The smallest absolute Gasteiger partial charge is 0.222 e. The zero-order valence-electron chi connectivity index (χ0n) is 11.6. The van der Waals surface area contributed by atoms with Gasteiger partial charge in [-0.05, 0) is 37.6 Å². The van der Waals surface area contributed by atoms with E-state index in [2.05, 4.69) is 10.4 Å². The summed E-state index contributed by atoms with van der Waals surface area (Å²) < 4.78 is 14.5. The molecule has 106 valence electrons. The van der Waals surface area contributed by atoms with Crippen molar-refractivity contribution in [3.05, 3.63) is 53.6 Å². The minimum absolute atomic E-state index is 0.0110. The lowest BCUT2D eigenvalue weighted by Crippen LogP contribution is -2.25. The molecule has 0 spiro atoms. The third-order valence-electron chi connectivity index (χ3n) is 3.08. The number of amides is 1. The van der Waals surface area contributed by atoms with Crippen molar-refractivity contribution in [3.8, 4) is 0 Å². The van der Waals surface area contributed by atoms with Gasteiger partial charge >= 0.3 is 0 Å². The van der Waals surface area contributed by atoms with Crippen LogP contribution in [0.25, 0.3) is 0 Å². The molecule has 0 unspecified atom stereocenters. The van der Waals surface area contributed by atoms with Crippen molar-refractivity contribution < 1.29 is 9.18 Å². The van der Waals surface area contributed by atoms with E-state index in [-0.39, 0.29) is 17.8 Å². The van der Waals surface area contributed by atoms with Crippen LogP contribution in [0.1, 0.15) is 30.6 Å². The van der Waals surface area contributed by atoms with Crippen LogP contribution in [0.2, 0.25) is 0 Å². The summed E-state index contributed by atoms with van der Waals surface area (Å²) in [6.07, 6.45) is 2.23. The van der Waals surface area contributed by atoms with Gasteiger partial charge in [0.1, 0.15) is 5.82 Å². The van der Waals surface area contributed by atoms with Gasteiger partial charge in [-0.15, -0.1) is 0 Å². The normalized spacial score (nSPS) is 12.2. The maximum absolute atomic E-state index is 12.8. The van der Waals surface area contributed by atoms with Gasteiger partial charge in [0, 0.05) is 19.2 Å². The molecular weight excluding hydrogens is 257 g/mol. The number of aromatic nitrogens is 2. The zero-order valence-corrected chi connectivity index (χ0v) is 11.6. The van der Waals surface area contributed by atoms with E-state index in [1.807, 2.05) is 26.1 Å². The Morgan fingerprint density at radius 2 is 2.05 bits per heavy atom. The number of carbonyl (C=O) groups excluding carboxylic acids is 1. The second-order valence-electron chi connectivity index (χ2n) is 4.89. The Kier molecular flexibility index (Phi) is 4.50. The molecule has 1 aromatic carbocycles. The molecular formula is C15H18FN3O. The fourth-order valence-corrected chi connectivity index (χ4v) is 1.92. The first-order valence-electron chi connectivity index (χ1n) is 6.57. The number of aryl methyl sites for hydroxylation is 1. The molecule has 0 fully saturated rings. The molecule has 0 saturated carbocycles. The van der Waals surface area contributed by atoms with Crippen molar-refractivity contribution in [1.82, 2.24) is 15.1 Å². The summed E-state index contributed by atoms with van der Waals surface area (Å²) in [6, 6.07) is 8.02. The highest BCUT2D eigenvalue weighted by molar-refractivity contribution is 5.76. The summed E-state index contributed by atoms with van der Waals surface area (Å²) in [6.45, 7) is 4.27. The quantitative estimate of drug-likeness (QED) is 0.911. The van der Waals surface area contributed by atoms with Crippen molar-refractivity contribution in [2.45, 2.75) is 32.9 Å². The monoisotopic (exact) mass is 275 g/mol. The van der Waals surface area contributed by atoms with Crippen molar-refractivity contribution in [2.75, 3.05) is 0 Å². The summed E-state index contributed by atoms with van der Waals surface area (Å²) in [4.78, 5) is 11.8. The number of hydrogen-bond acceptors (Lipinski definition) is 2. The van der Waals surface area contributed by atoms with Gasteiger partial charge in [-0.1, -0.05) is 12.1 Å². The van der Waals surface area contributed by atoms with E-state index >= 15 is 0 Å². The van der Waals surface area contributed by atoms with Crippen LogP contribution in [-0.2, 0) is 11.3 Å². The summed E-state index contributed by atoms with van der Waals surface area (Å²) in [5.74, 6) is -0.322. The first kappa shape index (κ1) is 14.2. The zero-order chi connectivity index (χ0) is 14.5. The highest BCUT2D eigenvalue weighted by Gasteiger charge is 2.11. The van der Waals surface area contributed by atoms with Crippen molar-refractivity contribution in [3.63, 3.8) is 0 Å². The molecule has 1 N–H and O–H groups in total. The molecule has 20 heavy (non-hydrogen) atoms. The van der Waals surface area contributed by atoms with Crippen LogP contribution in [0.5, 0.6) is 0 Å². The Morgan fingerprint density at radius 3 is 2.65 bits per heavy atom. The van der Waals surface area contributed by atoms with Crippen molar-refractivity contribution in [2.24, 2.45) is 0 Å². The highest BCUT2D eigenvalue weighted by atomic mass is 19.1. The molecule has 4 nitrogen and oxygen atoms in total. The minimum Gasteiger partial charge on any atom is -0.352 e. The molecule has 0 saturated heterocycles. The number of benzene rings is 1. The van der Waals surface area contributed by atoms with E-state index in [1.165, 1.54) is 12.1 Å². The maximum atomic E-state index is 12.8. The molecule has 1 amide bonds. The first-order valence-corrected chi connectivity index (χ1v) is 6.57. The fourth-order valence-electron chi connectivity index (χ4n) is 1.92. The molecule has 0 aliphatic rings. The first-order chi connectivity index (χ1) is 9.54. The molecule has 1 aromatic heterocycles. The van der Waals surface area contributed by atoms with E-state index in [0.717, 1.165) is 11.3 Å². The van der Waals surface area contributed by atoms with Crippen LogP contribution < -0.4 is 5.32 Å². The summed E-state index contributed by atoms with van der Waals surface area (Å²) in [5, 5.41) is 7.11. The Balaban J connectivity index is 1.82. The predicted octanol–water partition coefficient (Wildman–Crippen LogP) is 2.60. The Hall–Kier alpha value is -2.17. The van der Waals surface area contributed by atoms with Crippen LogP contribution in [0, 0.1) is 12.7 Å². The number of halogens is 1. The Morgan fingerprint density at radius 1 is 1.35 bits per heavy atom. The Bertz CT molecular complexity index is 577. The SMILES string of the molecule is Cc1ccn([C@H](C)CC(=O)NCc2ccc(F)cc2)n1. The fraction of sp³-hybridized carbons (Fsp3) is 0.333. The van der Waals surface area contributed by atoms with Gasteiger partial charge in [0.15, 0.2) is 0 Å². The molecule has 2 rings (SSSR count). The second kappa shape index (κ2) is 6.32. The Labute approximate surface area is 117 Å². The lowest BCUT2D eigenvalue weighted by molar-refractivity contribution is -0.122. The topological polar surface area (TPSA) is 46.9 Å². The molecule has 0 radical (unpaired) electrons. The number of carbonyl (C=O) groups is 1. The van der Waals surface area contributed by atoms with Gasteiger partial charge in [0.05, 0.1) is 11.7 Å².